The summed E-state index contributed by atoms with van der Waals surface area (Å²) in [5.74, 6) is -0.941. The van der Waals surface area contributed by atoms with Crippen molar-refractivity contribution in [3.8, 4) is 0 Å². The van der Waals surface area contributed by atoms with E-state index in [0.29, 0.717) is 22.7 Å². The van der Waals surface area contributed by atoms with Crippen LogP contribution in [0.1, 0.15) is 37.8 Å². The summed E-state index contributed by atoms with van der Waals surface area (Å²) < 4.78 is 14.2. The van der Waals surface area contributed by atoms with Crippen LogP contribution in [0.4, 0.5) is 4.39 Å². The van der Waals surface area contributed by atoms with Gasteiger partial charge in [-0.3, -0.25) is 9.59 Å². The van der Waals surface area contributed by atoms with Crippen LogP contribution in [0.2, 0.25) is 5.02 Å². The maximum absolute atomic E-state index is 14.2. The Labute approximate surface area is 170 Å². The summed E-state index contributed by atoms with van der Waals surface area (Å²) in [4.78, 5) is 27.0. The summed E-state index contributed by atoms with van der Waals surface area (Å²) in [6, 6.07) is 12.6. The van der Waals surface area contributed by atoms with Gasteiger partial charge < -0.3 is 10.2 Å². The molecule has 0 fully saturated rings. The standard InChI is InChI=1S/C22H26ClFN2O2/c1-3-4-13-25-22(28)16(2)26(15-18-10-6-8-12-20(18)24)21(27)14-17-9-5-7-11-19(17)23/h5-12,16H,3-4,13-15H2,1-2H3,(H,25,28)/t16-/m1/s1. The van der Waals surface area contributed by atoms with Crippen LogP contribution in [0, 0.1) is 5.82 Å². The van der Waals surface area contributed by atoms with Crippen LogP contribution in [-0.2, 0) is 22.6 Å². The summed E-state index contributed by atoms with van der Waals surface area (Å²) in [5.41, 5.74) is 1.04. The molecule has 0 radical (unpaired) electrons. The number of rotatable bonds is 9. The maximum atomic E-state index is 14.2. The summed E-state index contributed by atoms with van der Waals surface area (Å²) in [7, 11) is 0. The first kappa shape index (κ1) is 21.9. The number of carbonyl (C=O) groups excluding carboxylic acids is 2. The molecule has 0 saturated heterocycles. The van der Waals surface area contributed by atoms with E-state index in [2.05, 4.69) is 5.32 Å². The Kier molecular flexibility index (Phi) is 8.45. The Morgan fingerprint density at radius 3 is 2.39 bits per heavy atom. The SMILES string of the molecule is CCCCNC(=O)[C@@H](C)N(Cc1ccccc1F)C(=O)Cc1ccccc1Cl. The van der Waals surface area contributed by atoms with Gasteiger partial charge in [0.1, 0.15) is 11.9 Å². The minimum Gasteiger partial charge on any atom is -0.354 e. The first-order valence-electron chi connectivity index (χ1n) is 9.48. The van der Waals surface area contributed by atoms with E-state index in [4.69, 9.17) is 11.6 Å². The lowest BCUT2D eigenvalue weighted by Crippen LogP contribution is -2.48. The number of hydrogen-bond acceptors (Lipinski definition) is 2. The topological polar surface area (TPSA) is 49.4 Å². The fourth-order valence-electron chi connectivity index (χ4n) is 2.84. The van der Waals surface area contributed by atoms with E-state index in [1.807, 2.05) is 6.92 Å². The number of unbranched alkanes of at least 4 members (excludes halogenated alkanes) is 1. The third kappa shape index (κ3) is 6.06. The van der Waals surface area contributed by atoms with Gasteiger partial charge in [-0.2, -0.15) is 0 Å². The van der Waals surface area contributed by atoms with Gasteiger partial charge in [-0.1, -0.05) is 61.3 Å². The highest BCUT2D eigenvalue weighted by Crippen LogP contribution is 2.19. The summed E-state index contributed by atoms with van der Waals surface area (Å²) >= 11 is 6.18. The summed E-state index contributed by atoms with van der Waals surface area (Å²) in [6.07, 6.45) is 1.86. The zero-order valence-electron chi connectivity index (χ0n) is 16.3. The molecule has 4 nitrogen and oxygen atoms in total. The Morgan fingerprint density at radius 2 is 1.75 bits per heavy atom. The number of hydrogen-bond donors (Lipinski definition) is 1. The van der Waals surface area contributed by atoms with Crippen molar-refractivity contribution in [3.63, 3.8) is 0 Å². The normalized spacial score (nSPS) is 11.7. The number of amides is 2. The lowest BCUT2D eigenvalue weighted by Gasteiger charge is -2.29. The highest BCUT2D eigenvalue weighted by atomic mass is 35.5. The van der Waals surface area contributed by atoms with E-state index in [1.165, 1.54) is 11.0 Å². The second kappa shape index (κ2) is 10.8. The van der Waals surface area contributed by atoms with Crippen molar-refractivity contribution in [2.75, 3.05) is 6.54 Å². The van der Waals surface area contributed by atoms with Crippen LogP contribution in [0.15, 0.2) is 48.5 Å². The Morgan fingerprint density at radius 1 is 1.11 bits per heavy atom. The quantitative estimate of drug-likeness (QED) is 0.631. The highest BCUT2D eigenvalue weighted by molar-refractivity contribution is 6.31. The maximum Gasteiger partial charge on any atom is 0.242 e. The molecule has 150 valence electrons. The molecule has 1 N–H and O–H groups in total. The molecule has 0 aromatic heterocycles. The van der Waals surface area contributed by atoms with Crippen molar-refractivity contribution in [1.29, 1.82) is 0 Å². The third-order valence-corrected chi connectivity index (χ3v) is 4.96. The molecule has 2 aromatic carbocycles. The molecule has 6 heteroatoms. The predicted molar refractivity (Wildman–Crippen MR) is 109 cm³/mol. The van der Waals surface area contributed by atoms with Gasteiger partial charge in [0, 0.05) is 23.7 Å². The summed E-state index contributed by atoms with van der Waals surface area (Å²) in [5, 5.41) is 3.33. The van der Waals surface area contributed by atoms with Gasteiger partial charge in [0.15, 0.2) is 0 Å². The molecule has 0 unspecified atom stereocenters. The molecule has 0 heterocycles. The number of carbonyl (C=O) groups is 2. The van der Waals surface area contributed by atoms with E-state index < -0.39 is 11.9 Å². The Balaban J connectivity index is 2.22. The van der Waals surface area contributed by atoms with Gasteiger partial charge in [0.25, 0.3) is 0 Å². The molecule has 0 bridgehead atoms. The smallest absolute Gasteiger partial charge is 0.242 e. The fraction of sp³-hybridized carbons (Fsp3) is 0.364. The third-order valence-electron chi connectivity index (χ3n) is 4.59. The molecule has 2 rings (SSSR count). The molecule has 0 aliphatic heterocycles. The van der Waals surface area contributed by atoms with Gasteiger partial charge in [-0.15, -0.1) is 0 Å². The Hall–Kier alpha value is -2.40. The number of nitrogens with zero attached hydrogens (tertiary/aromatic N) is 1. The second-order valence-corrected chi connectivity index (χ2v) is 7.11. The molecule has 0 saturated carbocycles. The second-order valence-electron chi connectivity index (χ2n) is 6.70. The van der Waals surface area contributed by atoms with Crippen molar-refractivity contribution in [2.45, 2.75) is 45.7 Å². The van der Waals surface area contributed by atoms with E-state index >= 15 is 0 Å². The van der Waals surface area contributed by atoms with Crippen LogP contribution in [-0.4, -0.2) is 29.3 Å². The average Bonchev–Trinajstić information content (AvgIpc) is 2.68. The van der Waals surface area contributed by atoms with E-state index in [0.717, 1.165) is 12.8 Å². The zero-order chi connectivity index (χ0) is 20.5. The van der Waals surface area contributed by atoms with Crippen LogP contribution < -0.4 is 5.32 Å². The molecule has 28 heavy (non-hydrogen) atoms. The van der Waals surface area contributed by atoms with E-state index in [1.54, 1.807) is 49.4 Å². The van der Waals surface area contributed by atoms with Crippen molar-refractivity contribution in [1.82, 2.24) is 10.2 Å². The monoisotopic (exact) mass is 404 g/mol. The predicted octanol–water partition coefficient (Wildman–Crippen LogP) is 4.36. The molecule has 2 amide bonds. The molecule has 2 aromatic rings. The number of benzene rings is 2. The molecular formula is C22H26ClFN2O2. The van der Waals surface area contributed by atoms with Crippen LogP contribution in [0.3, 0.4) is 0 Å². The molecule has 0 aliphatic rings. The van der Waals surface area contributed by atoms with Gasteiger partial charge in [0.2, 0.25) is 11.8 Å². The van der Waals surface area contributed by atoms with Gasteiger partial charge in [-0.25, -0.2) is 4.39 Å². The van der Waals surface area contributed by atoms with E-state index in [9.17, 15) is 14.0 Å². The largest absolute Gasteiger partial charge is 0.354 e. The van der Waals surface area contributed by atoms with Crippen LogP contribution in [0.5, 0.6) is 0 Å². The molecule has 0 aliphatic carbocycles. The van der Waals surface area contributed by atoms with Crippen molar-refractivity contribution in [3.05, 3.63) is 70.5 Å². The van der Waals surface area contributed by atoms with Crippen LogP contribution >= 0.6 is 11.6 Å². The number of nitrogens with one attached hydrogen (secondary N) is 1. The van der Waals surface area contributed by atoms with Gasteiger partial charge >= 0.3 is 0 Å². The van der Waals surface area contributed by atoms with Crippen molar-refractivity contribution in [2.24, 2.45) is 0 Å². The van der Waals surface area contributed by atoms with Crippen molar-refractivity contribution >= 4 is 23.4 Å². The lowest BCUT2D eigenvalue weighted by atomic mass is 10.1. The fourth-order valence-corrected chi connectivity index (χ4v) is 3.04. The minimum atomic E-state index is -0.730. The molecule has 0 spiro atoms. The van der Waals surface area contributed by atoms with Crippen LogP contribution in [0.25, 0.3) is 0 Å². The van der Waals surface area contributed by atoms with Crippen molar-refractivity contribution < 1.29 is 14.0 Å². The average molecular weight is 405 g/mol. The first-order valence-corrected chi connectivity index (χ1v) is 9.85. The molecule has 1 atom stereocenters. The first-order chi connectivity index (χ1) is 13.4. The molecular weight excluding hydrogens is 379 g/mol. The van der Waals surface area contributed by atoms with Gasteiger partial charge in [-0.05, 0) is 31.0 Å². The zero-order valence-corrected chi connectivity index (χ0v) is 17.0. The highest BCUT2D eigenvalue weighted by Gasteiger charge is 2.27. The summed E-state index contributed by atoms with van der Waals surface area (Å²) in [6.45, 7) is 4.25. The minimum absolute atomic E-state index is 0.0122. The Bertz CT molecular complexity index is 813. The van der Waals surface area contributed by atoms with Gasteiger partial charge in [0.05, 0.1) is 6.42 Å². The number of halogens is 2. The van der Waals surface area contributed by atoms with E-state index in [-0.39, 0.29) is 24.8 Å². The lowest BCUT2D eigenvalue weighted by molar-refractivity contribution is -0.140.